The molecule has 3 nitrogen and oxygen atoms in total. The summed E-state index contributed by atoms with van der Waals surface area (Å²) in [5, 5.41) is 11.8. The molecule has 3 heteroatoms. The third-order valence-corrected chi connectivity index (χ3v) is 6.68. The van der Waals surface area contributed by atoms with Crippen molar-refractivity contribution in [3.05, 3.63) is 108 Å². The average molecular weight is 445 g/mol. The fourth-order valence-corrected chi connectivity index (χ4v) is 4.94. The van der Waals surface area contributed by atoms with Crippen LogP contribution in [0.3, 0.4) is 0 Å². The van der Waals surface area contributed by atoms with Gasteiger partial charge in [0.25, 0.3) is 0 Å². The van der Waals surface area contributed by atoms with Gasteiger partial charge in [-0.25, -0.2) is 0 Å². The summed E-state index contributed by atoms with van der Waals surface area (Å²) in [5.41, 5.74) is 3.76. The van der Waals surface area contributed by atoms with Crippen LogP contribution in [0, 0.1) is 5.92 Å². The highest BCUT2D eigenvalue weighted by Crippen LogP contribution is 2.39. The van der Waals surface area contributed by atoms with Crippen molar-refractivity contribution in [2.75, 3.05) is 21.1 Å². The van der Waals surface area contributed by atoms with Crippen LogP contribution in [-0.2, 0) is 6.42 Å². The maximum atomic E-state index is 11.8. The average Bonchev–Trinajstić information content (AvgIpc) is 2.85. The highest BCUT2D eigenvalue weighted by molar-refractivity contribution is 5.28. The van der Waals surface area contributed by atoms with Crippen molar-refractivity contribution in [3.63, 3.8) is 0 Å². The molecule has 33 heavy (non-hydrogen) atoms. The Morgan fingerprint density at radius 2 is 1.18 bits per heavy atom. The molecule has 0 bridgehead atoms. The molecule has 0 aliphatic rings. The highest BCUT2D eigenvalue weighted by Gasteiger charge is 2.35. The summed E-state index contributed by atoms with van der Waals surface area (Å²) in [6.07, 6.45) is 3.60. The predicted molar refractivity (Wildman–Crippen MR) is 139 cm³/mol. The van der Waals surface area contributed by atoms with E-state index in [2.05, 4.69) is 129 Å². The van der Waals surface area contributed by atoms with Crippen LogP contribution in [0.5, 0.6) is 0 Å². The van der Waals surface area contributed by atoms with E-state index in [1.165, 1.54) is 16.7 Å². The number of nitrogens with zero attached hydrogens (tertiary/aromatic N) is 2. The summed E-state index contributed by atoms with van der Waals surface area (Å²) < 4.78 is 0. The number of benzene rings is 3. The first-order chi connectivity index (χ1) is 16.0. The summed E-state index contributed by atoms with van der Waals surface area (Å²) in [5.74, 6) is 0.169. The lowest BCUT2D eigenvalue weighted by Crippen LogP contribution is -2.45. The number of rotatable bonds is 12. The van der Waals surface area contributed by atoms with Gasteiger partial charge in [-0.15, -0.1) is 0 Å². The molecule has 0 aliphatic heterocycles. The van der Waals surface area contributed by atoms with Crippen LogP contribution in [0.25, 0.3) is 0 Å². The van der Waals surface area contributed by atoms with Gasteiger partial charge in [0.15, 0.2) is 0 Å². The summed E-state index contributed by atoms with van der Waals surface area (Å²) in [7, 11) is 6.35. The second-order valence-electron chi connectivity index (χ2n) is 9.35. The SMILES string of the molecule is CCCCC(Cc1ccccc1)C(O)N(C)[C@H](c1ccccc1)[C@@H](c1ccccc1)N(C)C. The third-order valence-electron chi connectivity index (χ3n) is 6.68. The van der Waals surface area contributed by atoms with Gasteiger partial charge in [-0.1, -0.05) is 111 Å². The Labute approximate surface area is 200 Å². The monoisotopic (exact) mass is 444 g/mol. The Balaban J connectivity index is 1.97. The lowest BCUT2D eigenvalue weighted by atomic mass is 9.87. The van der Waals surface area contributed by atoms with Crippen molar-refractivity contribution in [3.8, 4) is 0 Å². The van der Waals surface area contributed by atoms with Crippen LogP contribution in [-0.4, -0.2) is 42.3 Å². The van der Waals surface area contributed by atoms with Crippen LogP contribution in [0.4, 0.5) is 0 Å². The maximum absolute atomic E-state index is 11.8. The van der Waals surface area contributed by atoms with E-state index in [0.29, 0.717) is 0 Å². The van der Waals surface area contributed by atoms with E-state index in [1.54, 1.807) is 0 Å². The van der Waals surface area contributed by atoms with Gasteiger partial charge in [0.2, 0.25) is 0 Å². The molecule has 0 saturated carbocycles. The van der Waals surface area contributed by atoms with Crippen LogP contribution >= 0.6 is 0 Å². The number of aliphatic hydroxyl groups excluding tert-OH is 1. The van der Waals surface area contributed by atoms with Crippen LogP contribution in [0.15, 0.2) is 91.0 Å². The molecule has 0 aromatic heterocycles. The Bertz CT molecular complexity index is 914. The van der Waals surface area contributed by atoms with E-state index in [4.69, 9.17) is 0 Å². The molecule has 0 spiro atoms. The van der Waals surface area contributed by atoms with Gasteiger partial charge in [0.05, 0.1) is 12.1 Å². The lowest BCUT2D eigenvalue weighted by molar-refractivity contribution is -0.0681. The number of hydrogen-bond acceptors (Lipinski definition) is 3. The van der Waals surface area contributed by atoms with Gasteiger partial charge in [-0.2, -0.15) is 0 Å². The molecule has 0 saturated heterocycles. The Hall–Kier alpha value is -2.46. The van der Waals surface area contributed by atoms with Crippen LogP contribution in [0.1, 0.15) is 55.0 Å². The summed E-state index contributed by atoms with van der Waals surface area (Å²) in [6.45, 7) is 2.22. The second kappa shape index (κ2) is 12.7. The Morgan fingerprint density at radius 3 is 1.67 bits per heavy atom. The molecule has 0 radical (unpaired) electrons. The second-order valence-corrected chi connectivity index (χ2v) is 9.35. The van der Waals surface area contributed by atoms with E-state index in [1.807, 2.05) is 0 Å². The minimum atomic E-state index is -0.548. The normalized spacial score (nSPS) is 15.4. The molecule has 0 amide bonds. The topological polar surface area (TPSA) is 26.7 Å². The van der Waals surface area contributed by atoms with E-state index in [-0.39, 0.29) is 18.0 Å². The van der Waals surface area contributed by atoms with Crippen molar-refractivity contribution in [2.45, 2.75) is 50.9 Å². The van der Waals surface area contributed by atoms with E-state index >= 15 is 0 Å². The zero-order chi connectivity index (χ0) is 23.6. The molecule has 4 atom stereocenters. The lowest BCUT2D eigenvalue weighted by Gasteiger charge is -2.43. The first kappa shape index (κ1) is 25.2. The van der Waals surface area contributed by atoms with Crippen molar-refractivity contribution in [1.82, 2.24) is 9.80 Å². The quantitative estimate of drug-likeness (QED) is 0.331. The van der Waals surface area contributed by atoms with Gasteiger partial charge >= 0.3 is 0 Å². The zero-order valence-corrected chi connectivity index (χ0v) is 20.6. The molecular formula is C30H40N2O. The molecule has 0 heterocycles. The summed E-state index contributed by atoms with van der Waals surface area (Å²) in [6, 6.07) is 32.0. The summed E-state index contributed by atoms with van der Waals surface area (Å²) in [4.78, 5) is 4.48. The molecule has 0 fully saturated rings. The fraction of sp³-hybridized carbons (Fsp3) is 0.400. The third kappa shape index (κ3) is 6.77. The molecule has 176 valence electrons. The Kier molecular flexibility index (Phi) is 9.68. The first-order valence-electron chi connectivity index (χ1n) is 12.2. The largest absolute Gasteiger partial charge is 0.378 e. The number of likely N-dealkylation sites (N-methyl/N-ethyl adjacent to an activating group) is 2. The van der Waals surface area contributed by atoms with Gasteiger partial charge < -0.3 is 10.0 Å². The van der Waals surface area contributed by atoms with Gasteiger partial charge in [-0.3, -0.25) is 4.90 Å². The van der Waals surface area contributed by atoms with Gasteiger partial charge in [0, 0.05) is 5.92 Å². The van der Waals surface area contributed by atoms with E-state index < -0.39 is 6.23 Å². The zero-order valence-electron chi connectivity index (χ0n) is 20.6. The minimum Gasteiger partial charge on any atom is -0.378 e. The smallest absolute Gasteiger partial charge is 0.110 e. The molecule has 3 aromatic rings. The van der Waals surface area contributed by atoms with Crippen molar-refractivity contribution in [2.24, 2.45) is 5.92 Å². The standard InChI is InChI=1S/C30H40N2O/c1-5-6-18-27(23-24-16-10-7-11-17-24)30(33)32(4)29(26-21-14-9-15-22-26)28(31(2)3)25-19-12-8-13-20-25/h7-17,19-22,27-30,33H,5-6,18,23H2,1-4H3/t27?,28-,29-,30?/m1/s1. The molecule has 1 N–H and O–H groups in total. The molecule has 3 rings (SSSR count). The highest BCUT2D eigenvalue weighted by atomic mass is 16.3. The maximum Gasteiger partial charge on any atom is 0.110 e. The number of aliphatic hydroxyl groups is 1. The predicted octanol–water partition coefficient (Wildman–Crippen LogP) is 6.33. The van der Waals surface area contributed by atoms with E-state index in [0.717, 1.165) is 25.7 Å². The van der Waals surface area contributed by atoms with Crippen molar-refractivity contribution < 1.29 is 5.11 Å². The first-order valence-corrected chi connectivity index (χ1v) is 12.2. The molecule has 2 unspecified atom stereocenters. The van der Waals surface area contributed by atoms with Gasteiger partial charge in [0.1, 0.15) is 6.23 Å². The summed E-state index contributed by atoms with van der Waals surface area (Å²) >= 11 is 0. The molecular weight excluding hydrogens is 404 g/mol. The molecule has 0 aliphatic carbocycles. The van der Waals surface area contributed by atoms with Crippen LogP contribution < -0.4 is 0 Å². The van der Waals surface area contributed by atoms with E-state index in [9.17, 15) is 5.11 Å². The van der Waals surface area contributed by atoms with Crippen molar-refractivity contribution in [1.29, 1.82) is 0 Å². The number of unbranched alkanes of at least 4 members (excludes halogenated alkanes) is 1. The van der Waals surface area contributed by atoms with Crippen LogP contribution in [0.2, 0.25) is 0 Å². The van der Waals surface area contributed by atoms with Gasteiger partial charge in [-0.05, 0) is 50.7 Å². The number of hydrogen-bond donors (Lipinski definition) is 1. The van der Waals surface area contributed by atoms with Crippen molar-refractivity contribution >= 4 is 0 Å². The molecule has 3 aromatic carbocycles. The Morgan fingerprint density at radius 1 is 0.697 bits per heavy atom. The minimum absolute atomic E-state index is 0.0125. The fourth-order valence-electron chi connectivity index (χ4n) is 4.94.